The van der Waals surface area contributed by atoms with E-state index in [1.807, 2.05) is 17.5 Å². The normalized spacial score (nSPS) is 10.5. The fourth-order valence-corrected chi connectivity index (χ4v) is 3.38. The van der Waals surface area contributed by atoms with Crippen LogP contribution >= 0.6 is 35.1 Å². The van der Waals surface area contributed by atoms with Crippen LogP contribution in [0.4, 0.5) is 5.13 Å². The first-order valence-corrected chi connectivity index (χ1v) is 9.20. The van der Waals surface area contributed by atoms with Crippen LogP contribution in [0.1, 0.15) is 10.4 Å². The summed E-state index contributed by atoms with van der Waals surface area (Å²) in [6, 6.07) is 9.38. The largest absolute Gasteiger partial charge is 0.504 e. The fourth-order valence-electron chi connectivity index (χ4n) is 1.98. The van der Waals surface area contributed by atoms with Gasteiger partial charge in [0.2, 0.25) is 0 Å². The van der Waals surface area contributed by atoms with Crippen LogP contribution in [-0.4, -0.2) is 26.2 Å². The standard InChI is InChI=1S/C16H12ClN3O4S2/c17-10-3-1-8(2-4-10)11-7-25-16(18-11)20-26-19-15(24)9-5-12(21)14(23)13(22)6-9/h1-7,21-23H,(H,18,20)(H,19,24). The summed E-state index contributed by atoms with van der Waals surface area (Å²) >= 11 is 8.11. The van der Waals surface area contributed by atoms with Gasteiger partial charge in [0.1, 0.15) is 0 Å². The summed E-state index contributed by atoms with van der Waals surface area (Å²) in [6.07, 6.45) is 0. The van der Waals surface area contributed by atoms with Crippen molar-refractivity contribution in [3.05, 3.63) is 52.4 Å². The first-order chi connectivity index (χ1) is 12.4. The Morgan fingerprint density at radius 2 is 1.77 bits per heavy atom. The molecule has 3 aromatic rings. The lowest BCUT2D eigenvalue weighted by Gasteiger charge is -2.06. The number of hydrogen-bond acceptors (Lipinski definition) is 8. The average Bonchev–Trinajstić information content (AvgIpc) is 3.08. The Bertz CT molecular complexity index is 924. The van der Waals surface area contributed by atoms with E-state index in [4.69, 9.17) is 11.6 Å². The van der Waals surface area contributed by atoms with Crippen molar-refractivity contribution in [1.29, 1.82) is 0 Å². The molecule has 7 nitrogen and oxygen atoms in total. The van der Waals surface area contributed by atoms with Gasteiger partial charge >= 0.3 is 0 Å². The molecule has 0 unspecified atom stereocenters. The topological polar surface area (TPSA) is 115 Å². The number of nitrogens with zero attached hydrogens (tertiary/aromatic N) is 1. The third-order valence-corrected chi connectivity index (χ3v) is 4.98. The maximum atomic E-state index is 12.0. The molecule has 0 atom stereocenters. The third kappa shape index (κ3) is 4.13. The van der Waals surface area contributed by atoms with Crippen molar-refractivity contribution in [2.45, 2.75) is 0 Å². The molecule has 0 bridgehead atoms. The van der Waals surface area contributed by atoms with E-state index >= 15 is 0 Å². The molecule has 0 spiro atoms. The predicted octanol–water partition coefficient (Wildman–Crippen LogP) is 3.99. The monoisotopic (exact) mass is 409 g/mol. The molecule has 5 N–H and O–H groups in total. The number of benzene rings is 2. The number of carbonyl (C=O) groups excluding carboxylic acids is 1. The first kappa shape index (κ1) is 18.2. The van der Waals surface area contributed by atoms with Crippen LogP contribution in [0.25, 0.3) is 11.3 Å². The number of aromatic nitrogens is 1. The minimum Gasteiger partial charge on any atom is -0.504 e. The summed E-state index contributed by atoms with van der Waals surface area (Å²) in [5.74, 6) is -2.41. The zero-order valence-corrected chi connectivity index (χ0v) is 15.3. The van der Waals surface area contributed by atoms with Gasteiger partial charge in [-0.15, -0.1) is 11.3 Å². The number of aromatic hydroxyl groups is 3. The van der Waals surface area contributed by atoms with Gasteiger partial charge < -0.3 is 15.3 Å². The van der Waals surface area contributed by atoms with E-state index in [0.29, 0.717) is 10.2 Å². The minimum atomic E-state index is -0.676. The van der Waals surface area contributed by atoms with E-state index in [1.165, 1.54) is 11.3 Å². The summed E-state index contributed by atoms with van der Waals surface area (Å²) < 4.78 is 5.37. The first-order valence-electron chi connectivity index (χ1n) is 7.12. The van der Waals surface area contributed by atoms with Gasteiger partial charge in [-0.3, -0.25) is 14.2 Å². The molecule has 0 saturated carbocycles. The predicted molar refractivity (Wildman–Crippen MR) is 103 cm³/mol. The van der Waals surface area contributed by atoms with E-state index in [9.17, 15) is 20.1 Å². The maximum absolute atomic E-state index is 12.0. The minimum absolute atomic E-state index is 0.00640. The van der Waals surface area contributed by atoms with Gasteiger partial charge in [-0.1, -0.05) is 23.7 Å². The van der Waals surface area contributed by atoms with Crippen molar-refractivity contribution >= 4 is 46.1 Å². The second kappa shape index (κ2) is 7.73. The second-order valence-electron chi connectivity index (χ2n) is 5.04. The highest BCUT2D eigenvalue weighted by molar-refractivity contribution is 7.99. The van der Waals surface area contributed by atoms with Crippen molar-refractivity contribution in [3.63, 3.8) is 0 Å². The SMILES string of the molecule is O=C(NSNc1nc(-c2ccc(Cl)cc2)cs1)c1cc(O)c(O)c(O)c1. The summed E-state index contributed by atoms with van der Waals surface area (Å²) in [5.41, 5.74) is 1.69. The Hall–Kier alpha value is -2.62. The van der Waals surface area contributed by atoms with Gasteiger partial charge in [-0.2, -0.15) is 0 Å². The summed E-state index contributed by atoms with van der Waals surface area (Å²) in [6.45, 7) is 0. The highest BCUT2D eigenvalue weighted by Crippen LogP contribution is 2.35. The fraction of sp³-hybridized carbons (Fsp3) is 0. The molecule has 26 heavy (non-hydrogen) atoms. The molecule has 2 aromatic carbocycles. The number of nitrogens with one attached hydrogen (secondary N) is 2. The lowest BCUT2D eigenvalue weighted by molar-refractivity contribution is 0.0983. The molecule has 1 heterocycles. The van der Waals surface area contributed by atoms with Gasteiger partial charge in [-0.05, 0) is 24.3 Å². The van der Waals surface area contributed by atoms with Crippen molar-refractivity contribution < 1.29 is 20.1 Å². The Labute approximate surface area is 161 Å². The molecule has 1 amide bonds. The zero-order valence-electron chi connectivity index (χ0n) is 12.9. The Balaban J connectivity index is 1.58. The van der Waals surface area contributed by atoms with Crippen LogP contribution in [0.2, 0.25) is 5.02 Å². The molecule has 0 fully saturated rings. The Kier molecular flexibility index (Phi) is 5.40. The Morgan fingerprint density at radius 3 is 2.42 bits per heavy atom. The summed E-state index contributed by atoms with van der Waals surface area (Å²) in [7, 11) is 0. The van der Waals surface area contributed by atoms with Gasteiger partial charge in [0, 0.05) is 21.5 Å². The highest BCUT2D eigenvalue weighted by Gasteiger charge is 2.14. The molecular formula is C16H12ClN3O4S2. The number of anilines is 1. The summed E-state index contributed by atoms with van der Waals surface area (Å²) in [5, 5.41) is 31.2. The molecule has 0 radical (unpaired) electrons. The summed E-state index contributed by atoms with van der Waals surface area (Å²) in [4.78, 5) is 16.4. The van der Waals surface area contributed by atoms with E-state index in [-0.39, 0.29) is 5.56 Å². The maximum Gasteiger partial charge on any atom is 0.262 e. The smallest absolute Gasteiger partial charge is 0.262 e. The van der Waals surface area contributed by atoms with Crippen LogP contribution in [0.15, 0.2) is 41.8 Å². The molecule has 1 aromatic heterocycles. The van der Waals surface area contributed by atoms with E-state index < -0.39 is 23.2 Å². The number of rotatable bonds is 5. The number of carbonyl (C=O) groups is 1. The highest BCUT2D eigenvalue weighted by atomic mass is 35.5. The van der Waals surface area contributed by atoms with E-state index in [2.05, 4.69) is 14.4 Å². The van der Waals surface area contributed by atoms with Crippen molar-refractivity contribution in [1.82, 2.24) is 9.71 Å². The van der Waals surface area contributed by atoms with Crippen LogP contribution < -0.4 is 9.44 Å². The van der Waals surface area contributed by atoms with E-state index in [1.54, 1.807) is 12.1 Å². The average molecular weight is 410 g/mol. The van der Waals surface area contributed by atoms with Gasteiger partial charge in [0.25, 0.3) is 5.91 Å². The number of phenols is 3. The molecular weight excluding hydrogens is 398 g/mol. The van der Waals surface area contributed by atoms with Crippen molar-refractivity contribution in [2.75, 3.05) is 4.72 Å². The molecule has 0 aliphatic heterocycles. The number of thiazole rings is 1. The number of halogens is 1. The molecule has 134 valence electrons. The lowest BCUT2D eigenvalue weighted by Crippen LogP contribution is -2.17. The van der Waals surface area contributed by atoms with Crippen molar-refractivity contribution in [3.8, 4) is 28.5 Å². The Morgan fingerprint density at radius 1 is 1.12 bits per heavy atom. The van der Waals surface area contributed by atoms with Gasteiger partial charge in [-0.25, -0.2) is 4.98 Å². The molecule has 10 heteroatoms. The van der Waals surface area contributed by atoms with Crippen molar-refractivity contribution in [2.24, 2.45) is 0 Å². The number of hydrogen-bond donors (Lipinski definition) is 5. The quantitative estimate of drug-likeness (QED) is 0.319. The third-order valence-electron chi connectivity index (χ3n) is 3.26. The van der Waals surface area contributed by atoms with Crippen LogP contribution in [-0.2, 0) is 0 Å². The second-order valence-corrected chi connectivity index (χ2v) is 6.95. The number of phenolic OH excluding ortho intramolecular Hbond substituents is 3. The zero-order chi connectivity index (χ0) is 18.7. The van der Waals surface area contributed by atoms with E-state index in [0.717, 1.165) is 35.5 Å². The van der Waals surface area contributed by atoms with Crippen LogP contribution in [0.3, 0.4) is 0 Å². The van der Waals surface area contributed by atoms with Crippen LogP contribution in [0.5, 0.6) is 17.2 Å². The lowest BCUT2D eigenvalue weighted by atomic mass is 10.2. The molecule has 0 aliphatic carbocycles. The molecule has 0 aliphatic rings. The number of amides is 1. The molecule has 3 rings (SSSR count). The van der Waals surface area contributed by atoms with Crippen LogP contribution in [0, 0.1) is 0 Å². The van der Waals surface area contributed by atoms with Gasteiger partial charge in [0.05, 0.1) is 17.8 Å². The van der Waals surface area contributed by atoms with Gasteiger partial charge in [0.15, 0.2) is 22.4 Å². The molecule has 0 saturated heterocycles.